The number of hydrogen-bond donors (Lipinski definition) is 1. The summed E-state index contributed by atoms with van der Waals surface area (Å²) in [5, 5.41) is 4.41. The summed E-state index contributed by atoms with van der Waals surface area (Å²) in [7, 11) is 0. The summed E-state index contributed by atoms with van der Waals surface area (Å²) in [4.78, 5) is 22.6. The highest BCUT2D eigenvalue weighted by atomic mass is 16.5. The zero-order chi connectivity index (χ0) is 16.6. The SMILES string of the molecule is NC1=N[N+]2(c3ccc(C(=O)N4CCOCC4)cc3)C=CN=CC2=N1. The summed E-state index contributed by atoms with van der Waals surface area (Å²) < 4.78 is 5.33. The Kier molecular flexibility index (Phi) is 3.47. The van der Waals surface area contributed by atoms with E-state index in [1.54, 1.807) is 35.6 Å². The molecule has 0 radical (unpaired) electrons. The minimum Gasteiger partial charge on any atom is -0.378 e. The Labute approximate surface area is 138 Å². The van der Waals surface area contributed by atoms with E-state index in [1.165, 1.54) is 0 Å². The van der Waals surface area contributed by atoms with E-state index in [2.05, 4.69) is 15.1 Å². The molecule has 8 nitrogen and oxygen atoms in total. The molecule has 1 atom stereocenters. The molecule has 1 amide bonds. The predicted octanol–water partition coefficient (Wildman–Crippen LogP) is 0.664. The molecule has 4 rings (SSSR count). The minimum absolute atomic E-state index is 0.0129. The van der Waals surface area contributed by atoms with Gasteiger partial charge in [-0.05, 0) is 17.2 Å². The van der Waals surface area contributed by atoms with Crippen molar-refractivity contribution in [3.05, 3.63) is 42.2 Å². The highest BCUT2D eigenvalue weighted by Crippen LogP contribution is 2.30. The maximum atomic E-state index is 12.5. The lowest BCUT2D eigenvalue weighted by Crippen LogP contribution is -2.44. The monoisotopic (exact) mass is 325 g/mol. The van der Waals surface area contributed by atoms with Gasteiger partial charge in [0.05, 0.1) is 19.4 Å². The van der Waals surface area contributed by atoms with Crippen LogP contribution < -0.4 is 10.3 Å². The van der Waals surface area contributed by atoms with Gasteiger partial charge in [0.25, 0.3) is 17.7 Å². The molecule has 1 aromatic carbocycles. The van der Waals surface area contributed by atoms with Gasteiger partial charge in [0.2, 0.25) is 0 Å². The summed E-state index contributed by atoms with van der Waals surface area (Å²) in [6, 6.07) is 7.35. The predicted molar refractivity (Wildman–Crippen MR) is 91.6 cm³/mol. The van der Waals surface area contributed by atoms with Crippen LogP contribution in [-0.4, -0.2) is 55.1 Å². The molecule has 122 valence electrons. The lowest BCUT2D eigenvalue weighted by molar-refractivity contribution is 0.0303. The van der Waals surface area contributed by atoms with E-state index in [0.29, 0.717) is 37.7 Å². The van der Waals surface area contributed by atoms with E-state index < -0.39 is 0 Å². The van der Waals surface area contributed by atoms with Gasteiger partial charge in [-0.2, -0.15) is 4.99 Å². The first-order valence-corrected chi connectivity index (χ1v) is 7.71. The van der Waals surface area contributed by atoms with Gasteiger partial charge < -0.3 is 15.4 Å². The zero-order valence-corrected chi connectivity index (χ0v) is 13.0. The topological polar surface area (TPSA) is 92.6 Å². The summed E-state index contributed by atoms with van der Waals surface area (Å²) >= 11 is 0. The lowest BCUT2D eigenvalue weighted by Gasteiger charge is -2.27. The van der Waals surface area contributed by atoms with E-state index in [-0.39, 0.29) is 16.5 Å². The number of rotatable bonds is 2. The Hall–Kier alpha value is -2.84. The molecule has 0 spiro atoms. The van der Waals surface area contributed by atoms with Crippen molar-refractivity contribution in [3.63, 3.8) is 0 Å². The number of guanidine groups is 1. The van der Waals surface area contributed by atoms with Gasteiger partial charge in [-0.3, -0.25) is 9.79 Å². The third-order valence-electron chi connectivity index (χ3n) is 4.20. The van der Waals surface area contributed by atoms with Crippen molar-refractivity contribution in [1.82, 2.24) is 9.49 Å². The van der Waals surface area contributed by atoms with E-state index in [1.807, 2.05) is 12.1 Å². The van der Waals surface area contributed by atoms with Crippen LogP contribution in [0.15, 0.2) is 51.8 Å². The molecule has 1 saturated heterocycles. The number of hydrogen-bond acceptors (Lipinski definition) is 6. The smallest absolute Gasteiger partial charge is 0.286 e. The van der Waals surface area contributed by atoms with Crippen molar-refractivity contribution in [1.29, 1.82) is 0 Å². The van der Waals surface area contributed by atoms with Crippen LogP contribution in [0.4, 0.5) is 5.69 Å². The number of nitrogens with two attached hydrogens (primary N) is 1. The van der Waals surface area contributed by atoms with Crippen molar-refractivity contribution in [2.75, 3.05) is 26.3 Å². The molecular weight excluding hydrogens is 308 g/mol. The van der Waals surface area contributed by atoms with Gasteiger partial charge in [-0.25, -0.2) is 0 Å². The van der Waals surface area contributed by atoms with Crippen molar-refractivity contribution in [2.24, 2.45) is 20.8 Å². The van der Waals surface area contributed by atoms with E-state index in [4.69, 9.17) is 10.5 Å². The van der Waals surface area contributed by atoms with Gasteiger partial charge in [0.15, 0.2) is 11.9 Å². The summed E-state index contributed by atoms with van der Waals surface area (Å²) in [5.41, 5.74) is 7.26. The maximum absolute atomic E-state index is 12.5. The van der Waals surface area contributed by atoms with E-state index in [0.717, 1.165) is 5.69 Å². The normalized spacial score (nSPS) is 25.2. The zero-order valence-electron chi connectivity index (χ0n) is 13.0. The molecule has 2 N–H and O–H groups in total. The van der Waals surface area contributed by atoms with Gasteiger partial charge >= 0.3 is 0 Å². The number of ether oxygens (including phenoxy) is 1. The Morgan fingerprint density at radius 3 is 2.71 bits per heavy atom. The first kappa shape index (κ1) is 14.7. The highest BCUT2D eigenvalue weighted by Gasteiger charge is 2.42. The number of nitrogens with zero attached hydrogens (tertiary/aromatic N) is 5. The number of carbonyl (C=O) groups excluding carboxylic acids is 1. The number of fused-ring (bicyclic) bond motifs is 1. The Balaban J connectivity index is 1.62. The Bertz CT molecular complexity index is 789. The molecule has 3 aliphatic rings. The quantitative estimate of drug-likeness (QED) is 0.810. The maximum Gasteiger partial charge on any atom is 0.286 e. The molecule has 3 aliphatic heterocycles. The van der Waals surface area contributed by atoms with Gasteiger partial charge in [0, 0.05) is 30.8 Å². The third kappa shape index (κ3) is 2.32. The van der Waals surface area contributed by atoms with Gasteiger partial charge in [-0.15, -0.1) is 0 Å². The number of aliphatic imine (C=N–C) groups is 2. The molecule has 0 aliphatic carbocycles. The number of amidine groups is 1. The van der Waals surface area contributed by atoms with Crippen molar-refractivity contribution in [3.8, 4) is 0 Å². The summed E-state index contributed by atoms with van der Waals surface area (Å²) in [6.07, 6.45) is 5.10. The molecule has 3 heterocycles. The van der Waals surface area contributed by atoms with Crippen LogP contribution >= 0.6 is 0 Å². The van der Waals surface area contributed by atoms with Crippen molar-refractivity contribution >= 4 is 29.6 Å². The molecule has 0 saturated carbocycles. The largest absolute Gasteiger partial charge is 0.378 e. The average molecular weight is 325 g/mol. The number of quaternary nitrogens is 1. The molecule has 1 aromatic rings. The van der Waals surface area contributed by atoms with Gasteiger partial charge in [0.1, 0.15) is 6.21 Å². The fraction of sp³-hybridized carbons (Fsp3) is 0.250. The fourth-order valence-electron chi connectivity index (χ4n) is 2.96. The third-order valence-corrected chi connectivity index (χ3v) is 4.20. The van der Waals surface area contributed by atoms with Crippen LogP contribution in [0.2, 0.25) is 0 Å². The van der Waals surface area contributed by atoms with Crippen LogP contribution in [0.5, 0.6) is 0 Å². The van der Waals surface area contributed by atoms with E-state index in [9.17, 15) is 4.79 Å². The average Bonchev–Trinajstić information content (AvgIpc) is 2.99. The Morgan fingerprint density at radius 1 is 1.21 bits per heavy atom. The summed E-state index contributed by atoms with van der Waals surface area (Å²) in [5.74, 6) is 0.845. The van der Waals surface area contributed by atoms with E-state index >= 15 is 0 Å². The highest BCUT2D eigenvalue weighted by molar-refractivity contribution is 6.37. The minimum atomic E-state index is 0.0129. The standard InChI is InChI=1S/C16H17N6O2/c17-16-19-14-11-18-5-8-22(14,20-16)13-3-1-12(2-4-13)15(23)21-6-9-24-10-7-21/h1-5,8,11H,6-7,9-10H2,(H2,17,20)/q+1. The molecule has 0 bridgehead atoms. The van der Waals surface area contributed by atoms with Crippen molar-refractivity contribution < 1.29 is 9.53 Å². The molecular formula is C16H17N6O2+. The number of benzene rings is 1. The molecule has 8 heteroatoms. The van der Waals surface area contributed by atoms with Crippen molar-refractivity contribution in [2.45, 2.75) is 0 Å². The lowest BCUT2D eigenvalue weighted by atomic mass is 10.1. The second-order valence-corrected chi connectivity index (χ2v) is 5.64. The molecule has 1 fully saturated rings. The van der Waals surface area contributed by atoms with Crippen LogP contribution in [-0.2, 0) is 4.74 Å². The number of carbonyl (C=O) groups is 1. The van der Waals surface area contributed by atoms with Crippen LogP contribution in [0.3, 0.4) is 0 Å². The first-order chi connectivity index (χ1) is 11.7. The molecule has 1 unspecified atom stereocenters. The van der Waals surface area contributed by atoms with Crippen LogP contribution in [0.1, 0.15) is 10.4 Å². The number of amides is 1. The first-order valence-electron chi connectivity index (χ1n) is 7.71. The molecule has 24 heavy (non-hydrogen) atoms. The summed E-state index contributed by atoms with van der Waals surface area (Å²) in [6.45, 7) is 2.42. The Morgan fingerprint density at radius 2 is 1.96 bits per heavy atom. The van der Waals surface area contributed by atoms with Gasteiger partial charge in [-0.1, -0.05) is 4.59 Å². The second-order valence-electron chi connectivity index (χ2n) is 5.64. The molecule has 0 aromatic heterocycles. The fourth-order valence-corrected chi connectivity index (χ4v) is 2.96. The number of morpholine rings is 1. The second kappa shape index (κ2) is 5.66. The van der Waals surface area contributed by atoms with Crippen LogP contribution in [0.25, 0.3) is 0 Å². The van der Waals surface area contributed by atoms with Crippen LogP contribution in [0, 0.1) is 0 Å².